The lowest BCUT2D eigenvalue weighted by Crippen LogP contribution is -2.52. The molecule has 0 aliphatic carbocycles. The topological polar surface area (TPSA) is 61.6 Å². The third-order valence-corrected chi connectivity index (χ3v) is 5.67. The van der Waals surface area contributed by atoms with Crippen LogP contribution in [0, 0.1) is 6.92 Å². The van der Waals surface area contributed by atoms with Gasteiger partial charge in [0.2, 0.25) is 5.91 Å². The zero-order chi connectivity index (χ0) is 20.9. The summed E-state index contributed by atoms with van der Waals surface area (Å²) in [5.41, 5.74) is 3.94. The Bertz CT molecular complexity index is 978. The second-order valence-corrected chi connectivity index (χ2v) is 7.82. The predicted octanol–water partition coefficient (Wildman–Crippen LogP) is 3.79. The summed E-state index contributed by atoms with van der Waals surface area (Å²) in [6.45, 7) is 8.20. The van der Waals surface area contributed by atoms with E-state index in [0.717, 1.165) is 61.0 Å². The van der Waals surface area contributed by atoms with Gasteiger partial charge in [-0.25, -0.2) is 0 Å². The zero-order valence-electron chi connectivity index (χ0n) is 17.5. The Morgan fingerprint density at radius 1 is 1.07 bits per heavy atom. The van der Waals surface area contributed by atoms with Gasteiger partial charge in [-0.1, -0.05) is 53.7 Å². The van der Waals surface area contributed by atoms with Gasteiger partial charge in [-0.05, 0) is 25.5 Å². The number of aromatic nitrogens is 1. The van der Waals surface area contributed by atoms with Gasteiger partial charge in [0.15, 0.2) is 0 Å². The first kappa shape index (κ1) is 20.3. The molecule has 0 saturated carbocycles. The standard InChI is InChI=1S/C24H28N4O2/c1-18-16-21(26-30-18)17-27-12-14-28(15-13-27)19(2)24(29)25-23-11-7-6-10-22(23)20-8-4-3-5-9-20/h3-11,16,19H,12-15,17H2,1-2H3,(H,25,29)/t19-/m0/s1. The van der Waals surface area contributed by atoms with Crippen LogP contribution in [0.3, 0.4) is 0 Å². The second-order valence-electron chi connectivity index (χ2n) is 7.82. The highest BCUT2D eigenvalue weighted by atomic mass is 16.5. The van der Waals surface area contributed by atoms with Crippen molar-refractivity contribution in [1.29, 1.82) is 0 Å². The number of benzene rings is 2. The van der Waals surface area contributed by atoms with Gasteiger partial charge in [0.25, 0.3) is 0 Å². The number of rotatable bonds is 6. The molecule has 30 heavy (non-hydrogen) atoms. The summed E-state index contributed by atoms with van der Waals surface area (Å²) in [5.74, 6) is 0.865. The quantitative estimate of drug-likeness (QED) is 0.677. The lowest BCUT2D eigenvalue weighted by molar-refractivity contribution is -0.121. The summed E-state index contributed by atoms with van der Waals surface area (Å²) < 4.78 is 5.15. The van der Waals surface area contributed by atoms with Crippen LogP contribution in [0.1, 0.15) is 18.4 Å². The molecular formula is C24H28N4O2. The Hall–Kier alpha value is -2.96. The minimum Gasteiger partial charge on any atom is -0.361 e. The molecule has 1 aliphatic heterocycles. The van der Waals surface area contributed by atoms with E-state index in [0.29, 0.717) is 0 Å². The first-order valence-corrected chi connectivity index (χ1v) is 10.4. The zero-order valence-corrected chi connectivity index (χ0v) is 17.5. The van der Waals surface area contributed by atoms with E-state index >= 15 is 0 Å². The number of piperazine rings is 1. The fourth-order valence-electron chi connectivity index (χ4n) is 3.89. The Kier molecular flexibility index (Phi) is 6.26. The van der Waals surface area contributed by atoms with Gasteiger partial charge in [0, 0.05) is 50.0 Å². The van der Waals surface area contributed by atoms with Crippen LogP contribution in [-0.4, -0.2) is 53.1 Å². The molecule has 1 saturated heterocycles. The average molecular weight is 405 g/mol. The third kappa shape index (κ3) is 4.78. The van der Waals surface area contributed by atoms with E-state index in [1.54, 1.807) is 0 Å². The summed E-state index contributed by atoms with van der Waals surface area (Å²) >= 11 is 0. The molecule has 6 nitrogen and oxygen atoms in total. The number of hydrogen-bond acceptors (Lipinski definition) is 5. The number of nitrogens with zero attached hydrogens (tertiary/aromatic N) is 3. The van der Waals surface area contributed by atoms with Crippen molar-refractivity contribution in [1.82, 2.24) is 15.0 Å². The van der Waals surface area contributed by atoms with Crippen molar-refractivity contribution in [2.45, 2.75) is 26.4 Å². The molecule has 2 heterocycles. The van der Waals surface area contributed by atoms with Crippen molar-refractivity contribution in [3.63, 3.8) is 0 Å². The van der Waals surface area contributed by atoms with Crippen molar-refractivity contribution in [3.8, 4) is 11.1 Å². The maximum atomic E-state index is 13.0. The van der Waals surface area contributed by atoms with Gasteiger partial charge in [-0.3, -0.25) is 14.6 Å². The van der Waals surface area contributed by atoms with E-state index in [1.165, 1.54) is 0 Å². The van der Waals surface area contributed by atoms with Crippen LogP contribution in [0.25, 0.3) is 11.1 Å². The van der Waals surface area contributed by atoms with Crippen LogP contribution >= 0.6 is 0 Å². The average Bonchev–Trinajstić information content (AvgIpc) is 3.19. The molecule has 1 atom stereocenters. The summed E-state index contributed by atoms with van der Waals surface area (Å²) in [6.07, 6.45) is 0. The summed E-state index contributed by atoms with van der Waals surface area (Å²) in [5, 5.41) is 7.22. The molecule has 1 fully saturated rings. The van der Waals surface area contributed by atoms with Gasteiger partial charge in [0.1, 0.15) is 5.76 Å². The van der Waals surface area contributed by atoms with Gasteiger partial charge >= 0.3 is 0 Å². The summed E-state index contributed by atoms with van der Waals surface area (Å²) in [6, 6.07) is 19.9. The molecule has 3 aromatic rings. The van der Waals surface area contributed by atoms with Crippen molar-refractivity contribution in [2.75, 3.05) is 31.5 Å². The van der Waals surface area contributed by atoms with Crippen molar-refractivity contribution in [3.05, 3.63) is 72.1 Å². The van der Waals surface area contributed by atoms with Crippen LogP contribution in [-0.2, 0) is 11.3 Å². The number of para-hydroxylation sites is 1. The molecule has 4 rings (SSSR count). The van der Waals surface area contributed by atoms with Crippen LogP contribution in [0.2, 0.25) is 0 Å². The van der Waals surface area contributed by atoms with E-state index in [9.17, 15) is 4.79 Å². The highest BCUT2D eigenvalue weighted by Crippen LogP contribution is 2.27. The lowest BCUT2D eigenvalue weighted by atomic mass is 10.0. The van der Waals surface area contributed by atoms with E-state index in [1.807, 2.05) is 62.4 Å². The number of aryl methyl sites for hydroxylation is 1. The minimum atomic E-state index is -0.190. The SMILES string of the molecule is Cc1cc(CN2CCN([C@@H](C)C(=O)Nc3ccccc3-c3ccccc3)CC2)no1. The van der Waals surface area contributed by atoms with Gasteiger partial charge in [-0.2, -0.15) is 0 Å². The Labute approximate surface area is 177 Å². The number of nitrogens with one attached hydrogen (secondary N) is 1. The van der Waals surface area contributed by atoms with Gasteiger partial charge in [-0.15, -0.1) is 0 Å². The Morgan fingerprint density at radius 2 is 1.77 bits per heavy atom. The molecule has 1 aliphatic rings. The van der Waals surface area contributed by atoms with Crippen molar-refractivity contribution in [2.24, 2.45) is 0 Å². The largest absolute Gasteiger partial charge is 0.361 e. The van der Waals surface area contributed by atoms with Crippen LogP contribution < -0.4 is 5.32 Å². The third-order valence-electron chi connectivity index (χ3n) is 5.67. The molecule has 6 heteroatoms. The molecule has 2 aromatic carbocycles. The Morgan fingerprint density at radius 3 is 2.47 bits per heavy atom. The fraction of sp³-hybridized carbons (Fsp3) is 0.333. The number of amides is 1. The number of carbonyl (C=O) groups is 1. The maximum Gasteiger partial charge on any atom is 0.241 e. The van der Waals surface area contributed by atoms with Crippen LogP contribution in [0.15, 0.2) is 65.2 Å². The predicted molar refractivity (Wildman–Crippen MR) is 118 cm³/mol. The van der Waals surface area contributed by atoms with Gasteiger partial charge < -0.3 is 9.84 Å². The van der Waals surface area contributed by atoms with E-state index in [2.05, 4.69) is 32.4 Å². The maximum absolute atomic E-state index is 13.0. The highest BCUT2D eigenvalue weighted by Gasteiger charge is 2.26. The van der Waals surface area contributed by atoms with Crippen LogP contribution in [0.5, 0.6) is 0 Å². The lowest BCUT2D eigenvalue weighted by Gasteiger charge is -2.37. The monoisotopic (exact) mass is 404 g/mol. The van der Waals surface area contributed by atoms with Crippen molar-refractivity contribution < 1.29 is 9.32 Å². The normalized spacial score (nSPS) is 16.3. The number of carbonyl (C=O) groups excluding carboxylic acids is 1. The molecule has 1 N–H and O–H groups in total. The molecule has 156 valence electrons. The molecule has 0 radical (unpaired) electrons. The molecule has 0 unspecified atom stereocenters. The van der Waals surface area contributed by atoms with Gasteiger partial charge in [0.05, 0.1) is 11.7 Å². The minimum absolute atomic E-state index is 0.0268. The highest BCUT2D eigenvalue weighted by molar-refractivity contribution is 5.98. The first-order chi connectivity index (χ1) is 14.6. The molecule has 1 amide bonds. The van der Waals surface area contributed by atoms with E-state index < -0.39 is 0 Å². The summed E-state index contributed by atoms with van der Waals surface area (Å²) in [7, 11) is 0. The van der Waals surface area contributed by atoms with Crippen molar-refractivity contribution >= 4 is 11.6 Å². The first-order valence-electron chi connectivity index (χ1n) is 10.4. The molecular weight excluding hydrogens is 376 g/mol. The van der Waals surface area contributed by atoms with Crippen LogP contribution in [0.4, 0.5) is 5.69 Å². The smallest absolute Gasteiger partial charge is 0.241 e. The molecule has 1 aromatic heterocycles. The Balaban J connectivity index is 1.35. The number of anilines is 1. The fourth-order valence-corrected chi connectivity index (χ4v) is 3.89. The second kappa shape index (κ2) is 9.24. The summed E-state index contributed by atoms with van der Waals surface area (Å²) in [4.78, 5) is 17.6. The molecule has 0 spiro atoms. The van der Waals surface area contributed by atoms with E-state index in [-0.39, 0.29) is 11.9 Å². The molecule has 0 bridgehead atoms. The number of hydrogen-bond donors (Lipinski definition) is 1. The van der Waals surface area contributed by atoms with E-state index in [4.69, 9.17) is 4.52 Å².